The monoisotopic (exact) mass is 278 g/mol. The first-order valence-electron chi connectivity index (χ1n) is 6.92. The quantitative estimate of drug-likeness (QED) is 0.855. The number of anilines is 1. The smallest absolute Gasteiger partial charge is 0.257 e. The Morgan fingerprint density at radius 2 is 2.30 bits per heavy atom. The fourth-order valence-electron chi connectivity index (χ4n) is 2.43. The molecule has 1 aliphatic rings. The molecule has 0 saturated carbocycles. The van der Waals surface area contributed by atoms with E-state index in [9.17, 15) is 4.79 Å². The van der Waals surface area contributed by atoms with E-state index < -0.39 is 0 Å². The average Bonchev–Trinajstić information content (AvgIpc) is 2.47. The SMILES string of the molecule is COc1cc(N)ccc1C(=O)N(C)CC1CCCCO1. The molecule has 1 aromatic carbocycles. The summed E-state index contributed by atoms with van der Waals surface area (Å²) in [5.41, 5.74) is 6.81. The van der Waals surface area contributed by atoms with Gasteiger partial charge in [-0.3, -0.25) is 4.79 Å². The third-order valence-electron chi connectivity index (χ3n) is 3.55. The fourth-order valence-corrected chi connectivity index (χ4v) is 2.43. The van der Waals surface area contributed by atoms with Gasteiger partial charge in [-0.15, -0.1) is 0 Å². The number of amides is 1. The van der Waals surface area contributed by atoms with Crippen LogP contribution in [0.15, 0.2) is 18.2 Å². The largest absolute Gasteiger partial charge is 0.496 e. The predicted molar refractivity (Wildman–Crippen MR) is 78.0 cm³/mol. The number of nitrogen functional groups attached to an aromatic ring is 1. The molecule has 0 aromatic heterocycles. The first-order chi connectivity index (χ1) is 9.61. The fraction of sp³-hybridized carbons (Fsp3) is 0.533. The van der Waals surface area contributed by atoms with Gasteiger partial charge >= 0.3 is 0 Å². The van der Waals surface area contributed by atoms with Crippen LogP contribution >= 0.6 is 0 Å². The zero-order valence-electron chi connectivity index (χ0n) is 12.1. The number of rotatable bonds is 4. The highest BCUT2D eigenvalue weighted by Gasteiger charge is 2.21. The van der Waals surface area contributed by atoms with Crippen LogP contribution in [0.5, 0.6) is 5.75 Å². The summed E-state index contributed by atoms with van der Waals surface area (Å²) in [6.07, 6.45) is 3.42. The Kier molecular flexibility index (Phi) is 4.84. The second kappa shape index (κ2) is 6.61. The Hall–Kier alpha value is -1.75. The van der Waals surface area contributed by atoms with Crippen molar-refractivity contribution >= 4 is 11.6 Å². The van der Waals surface area contributed by atoms with Crippen molar-refractivity contribution in [3.8, 4) is 5.75 Å². The molecule has 1 aromatic rings. The van der Waals surface area contributed by atoms with Crippen LogP contribution in [0, 0.1) is 0 Å². The number of hydrogen-bond acceptors (Lipinski definition) is 4. The van der Waals surface area contributed by atoms with Gasteiger partial charge in [-0.2, -0.15) is 0 Å². The number of carbonyl (C=O) groups is 1. The van der Waals surface area contributed by atoms with E-state index in [2.05, 4.69) is 0 Å². The number of nitrogens with two attached hydrogens (primary N) is 1. The number of carbonyl (C=O) groups excluding carboxylic acids is 1. The van der Waals surface area contributed by atoms with Crippen molar-refractivity contribution in [1.29, 1.82) is 0 Å². The summed E-state index contributed by atoms with van der Waals surface area (Å²) in [5.74, 6) is 0.433. The van der Waals surface area contributed by atoms with Crippen LogP contribution in [-0.2, 0) is 4.74 Å². The van der Waals surface area contributed by atoms with Crippen molar-refractivity contribution in [3.05, 3.63) is 23.8 Å². The molecule has 20 heavy (non-hydrogen) atoms. The van der Waals surface area contributed by atoms with Crippen molar-refractivity contribution in [2.24, 2.45) is 0 Å². The summed E-state index contributed by atoms with van der Waals surface area (Å²) in [7, 11) is 3.33. The molecule has 5 heteroatoms. The third kappa shape index (κ3) is 3.42. The molecule has 2 rings (SSSR count). The lowest BCUT2D eigenvalue weighted by Crippen LogP contribution is -2.37. The van der Waals surface area contributed by atoms with Crippen LogP contribution < -0.4 is 10.5 Å². The number of benzene rings is 1. The minimum Gasteiger partial charge on any atom is -0.496 e. The summed E-state index contributed by atoms with van der Waals surface area (Å²) in [4.78, 5) is 14.1. The molecule has 110 valence electrons. The molecule has 0 bridgehead atoms. The van der Waals surface area contributed by atoms with E-state index in [1.54, 1.807) is 30.1 Å². The maximum atomic E-state index is 12.5. The van der Waals surface area contributed by atoms with E-state index in [4.69, 9.17) is 15.2 Å². The van der Waals surface area contributed by atoms with E-state index in [0.717, 1.165) is 25.9 Å². The lowest BCUT2D eigenvalue weighted by molar-refractivity contribution is -0.000239. The Balaban J connectivity index is 2.05. The van der Waals surface area contributed by atoms with Gasteiger partial charge < -0.3 is 20.1 Å². The van der Waals surface area contributed by atoms with E-state index in [1.165, 1.54) is 7.11 Å². The summed E-state index contributed by atoms with van der Waals surface area (Å²) in [6.45, 7) is 1.39. The van der Waals surface area contributed by atoms with Gasteiger partial charge in [0.15, 0.2) is 0 Å². The molecular weight excluding hydrogens is 256 g/mol. The Bertz CT molecular complexity index is 470. The summed E-state index contributed by atoms with van der Waals surface area (Å²) >= 11 is 0. The van der Waals surface area contributed by atoms with Gasteiger partial charge in [-0.05, 0) is 31.4 Å². The molecule has 1 amide bonds. The Morgan fingerprint density at radius 1 is 1.50 bits per heavy atom. The van der Waals surface area contributed by atoms with Crippen LogP contribution in [0.3, 0.4) is 0 Å². The van der Waals surface area contributed by atoms with Crippen LogP contribution in [0.2, 0.25) is 0 Å². The van der Waals surface area contributed by atoms with Crippen molar-refractivity contribution < 1.29 is 14.3 Å². The molecule has 0 aliphatic carbocycles. The molecule has 1 atom stereocenters. The van der Waals surface area contributed by atoms with Gasteiger partial charge in [0.1, 0.15) is 5.75 Å². The third-order valence-corrected chi connectivity index (χ3v) is 3.55. The molecule has 1 heterocycles. The highest BCUT2D eigenvalue weighted by molar-refractivity contribution is 5.97. The minimum absolute atomic E-state index is 0.0731. The maximum absolute atomic E-state index is 12.5. The van der Waals surface area contributed by atoms with E-state index in [1.807, 2.05) is 0 Å². The van der Waals surface area contributed by atoms with Crippen LogP contribution in [0.1, 0.15) is 29.6 Å². The summed E-state index contributed by atoms with van der Waals surface area (Å²) in [6, 6.07) is 5.08. The van der Waals surface area contributed by atoms with Crippen LogP contribution in [0.4, 0.5) is 5.69 Å². The number of ether oxygens (including phenoxy) is 2. The standard InChI is InChI=1S/C15H22N2O3/c1-17(10-12-5-3-4-8-20-12)15(18)13-7-6-11(16)9-14(13)19-2/h6-7,9,12H,3-5,8,10,16H2,1-2H3. The van der Waals surface area contributed by atoms with Crippen molar-refractivity contribution in [2.75, 3.05) is 33.0 Å². The minimum atomic E-state index is -0.0731. The van der Waals surface area contributed by atoms with Gasteiger partial charge in [0.2, 0.25) is 0 Å². The lowest BCUT2D eigenvalue weighted by Gasteiger charge is -2.27. The Morgan fingerprint density at radius 3 is 2.95 bits per heavy atom. The van der Waals surface area contributed by atoms with Crippen LogP contribution in [0.25, 0.3) is 0 Å². The first kappa shape index (κ1) is 14.7. The number of nitrogens with zero attached hydrogens (tertiary/aromatic N) is 1. The molecule has 0 radical (unpaired) electrons. The van der Waals surface area contributed by atoms with E-state index >= 15 is 0 Å². The lowest BCUT2D eigenvalue weighted by atomic mass is 10.1. The van der Waals surface area contributed by atoms with Crippen LogP contribution in [-0.4, -0.2) is 44.2 Å². The first-order valence-corrected chi connectivity index (χ1v) is 6.92. The topological polar surface area (TPSA) is 64.8 Å². The van der Waals surface area contributed by atoms with Crippen molar-refractivity contribution in [1.82, 2.24) is 4.90 Å². The van der Waals surface area contributed by atoms with E-state index in [0.29, 0.717) is 23.5 Å². The molecule has 2 N–H and O–H groups in total. The molecule has 1 aliphatic heterocycles. The number of likely N-dealkylation sites (N-methyl/N-ethyl adjacent to an activating group) is 1. The zero-order chi connectivity index (χ0) is 14.5. The van der Waals surface area contributed by atoms with Crippen molar-refractivity contribution in [3.63, 3.8) is 0 Å². The van der Waals surface area contributed by atoms with Gasteiger partial charge in [0, 0.05) is 32.0 Å². The normalized spacial score (nSPS) is 18.6. The molecular formula is C15H22N2O3. The van der Waals surface area contributed by atoms with E-state index in [-0.39, 0.29) is 12.0 Å². The summed E-state index contributed by atoms with van der Waals surface area (Å²) < 4.78 is 10.9. The molecule has 0 spiro atoms. The number of methoxy groups -OCH3 is 1. The van der Waals surface area contributed by atoms with Gasteiger partial charge in [0.25, 0.3) is 5.91 Å². The highest BCUT2D eigenvalue weighted by Crippen LogP contribution is 2.23. The summed E-state index contributed by atoms with van der Waals surface area (Å²) in [5, 5.41) is 0. The zero-order valence-corrected chi connectivity index (χ0v) is 12.1. The average molecular weight is 278 g/mol. The van der Waals surface area contributed by atoms with Gasteiger partial charge in [0.05, 0.1) is 18.8 Å². The molecule has 1 saturated heterocycles. The molecule has 1 unspecified atom stereocenters. The number of hydrogen-bond donors (Lipinski definition) is 1. The second-order valence-electron chi connectivity index (χ2n) is 5.13. The highest BCUT2D eigenvalue weighted by atomic mass is 16.5. The molecule has 5 nitrogen and oxygen atoms in total. The second-order valence-corrected chi connectivity index (χ2v) is 5.13. The predicted octanol–water partition coefficient (Wildman–Crippen LogP) is 1.92. The molecule has 1 fully saturated rings. The van der Waals surface area contributed by atoms with Crippen molar-refractivity contribution in [2.45, 2.75) is 25.4 Å². The Labute approximate surface area is 119 Å². The van der Waals surface area contributed by atoms with Gasteiger partial charge in [-0.1, -0.05) is 0 Å². The van der Waals surface area contributed by atoms with Gasteiger partial charge in [-0.25, -0.2) is 0 Å². The maximum Gasteiger partial charge on any atom is 0.257 e.